The molecule has 9 nitrogen and oxygen atoms in total. The summed E-state index contributed by atoms with van der Waals surface area (Å²) >= 11 is 0. The zero-order valence-electron chi connectivity index (χ0n) is 17.1. The van der Waals surface area contributed by atoms with E-state index in [2.05, 4.69) is 0 Å². The maximum Gasteiger partial charge on any atom is 0.290 e. The second-order valence-electron chi connectivity index (χ2n) is 7.64. The van der Waals surface area contributed by atoms with E-state index in [1.807, 2.05) is 13.8 Å². The average molecular weight is 410 g/mol. The van der Waals surface area contributed by atoms with E-state index in [4.69, 9.17) is 14.6 Å². The van der Waals surface area contributed by atoms with Crippen molar-refractivity contribution in [1.82, 2.24) is 9.47 Å². The number of aromatic nitrogens is 1. The molecule has 2 aliphatic rings. The van der Waals surface area contributed by atoms with Gasteiger partial charge in [-0.1, -0.05) is 6.92 Å². The fourth-order valence-electron chi connectivity index (χ4n) is 4.18. The molecule has 2 atom stereocenters. The van der Waals surface area contributed by atoms with Crippen LogP contribution in [0.5, 0.6) is 0 Å². The lowest BCUT2D eigenvalue weighted by Crippen LogP contribution is -2.55. The predicted octanol–water partition coefficient (Wildman–Crippen LogP) is 0.0738. The Bertz CT molecular complexity index is 797. The number of aliphatic hydroxyl groups is 2. The Balaban J connectivity index is 0.000000941. The molecule has 162 valence electrons. The van der Waals surface area contributed by atoms with Crippen LogP contribution in [0.15, 0.2) is 10.9 Å². The van der Waals surface area contributed by atoms with Gasteiger partial charge in [-0.15, -0.1) is 0 Å². The first-order valence-electron chi connectivity index (χ1n) is 9.76. The Hall–Kier alpha value is -2.23. The smallest absolute Gasteiger partial charge is 0.290 e. The van der Waals surface area contributed by atoms with Crippen LogP contribution < -0.4 is 5.56 Å². The number of hydrogen-bond donors (Lipinski definition) is 3. The molecule has 9 heteroatoms. The van der Waals surface area contributed by atoms with Gasteiger partial charge in [0.05, 0.1) is 18.3 Å². The number of rotatable bonds is 2. The SMILES string of the molecule is CCc1c(C)cc(C(=O)N2CCC3(CC2)C[C@@H](O)[C@@H](O)CO3)c(=O)n1C.O=CO. The van der Waals surface area contributed by atoms with Crippen LogP contribution in [0.25, 0.3) is 0 Å². The summed E-state index contributed by atoms with van der Waals surface area (Å²) in [6.45, 7) is 4.72. The van der Waals surface area contributed by atoms with Crippen molar-refractivity contribution in [3.8, 4) is 0 Å². The van der Waals surface area contributed by atoms with E-state index in [-0.39, 0.29) is 30.1 Å². The van der Waals surface area contributed by atoms with E-state index in [1.54, 1.807) is 22.6 Å². The topological polar surface area (TPSA) is 129 Å². The molecular weight excluding hydrogens is 380 g/mol. The van der Waals surface area contributed by atoms with Crippen molar-refractivity contribution in [3.63, 3.8) is 0 Å². The van der Waals surface area contributed by atoms with Crippen LogP contribution in [-0.4, -0.2) is 74.7 Å². The summed E-state index contributed by atoms with van der Waals surface area (Å²) in [7, 11) is 1.71. The lowest BCUT2D eigenvalue weighted by molar-refractivity contribution is -0.185. The van der Waals surface area contributed by atoms with Gasteiger partial charge in [0.15, 0.2) is 0 Å². The molecule has 1 amide bonds. The van der Waals surface area contributed by atoms with Gasteiger partial charge in [-0.25, -0.2) is 0 Å². The Morgan fingerprint density at radius 1 is 1.31 bits per heavy atom. The highest BCUT2D eigenvalue weighted by Gasteiger charge is 2.43. The van der Waals surface area contributed by atoms with Crippen molar-refractivity contribution in [1.29, 1.82) is 0 Å². The minimum atomic E-state index is -0.844. The van der Waals surface area contributed by atoms with E-state index in [0.717, 1.165) is 17.7 Å². The summed E-state index contributed by atoms with van der Waals surface area (Å²) in [6.07, 6.45) is 0.668. The third-order valence-electron chi connectivity index (χ3n) is 5.87. The molecule has 1 spiro atoms. The summed E-state index contributed by atoms with van der Waals surface area (Å²) < 4.78 is 7.37. The molecule has 0 bridgehead atoms. The van der Waals surface area contributed by atoms with Gasteiger partial charge in [-0.05, 0) is 37.8 Å². The molecule has 29 heavy (non-hydrogen) atoms. The molecule has 1 aromatic rings. The number of nitrogens with zero attached hydrogens (tertiary/aromatic N) is 2. The van der Waals surface area contributed by atoms with Crippen LogP contribution in [0, 0.1) is 6.92 Å². The lowest BCUT2D eigenvalue weighted by atomic mass is 9.82. The number of likely N-dealkylation sites (tertiary alicyclic amines) is 1. The number of piperidine rings is 1. The first-order chi connectivity index (χ1) is 13.7. The fourth-order valence-corrected chi connectivity index (χ4v) is 4.18. The minimum Gasteiger partial charge on any atom is -0.483 e. The molecule has 2 saturated heterocycles. The largest absolute Gasteiger partial charge is 0.483 e. The Morgan fingerprint density at radius 3 is 2.41 bits per heavy atom. The third kappa shape index (κ3) is 4.85. The molecule has 3 N–H and O–H groups in total. The van der Waals surface area contributed by atoms with Crippen LogP contribution >= 0.6 is 0 Å². The first-order valence-corrected chi connectivity index (χ1v) is 9.76. The molecule has 0 radical (unpaired) electrons. The van der Waals surface area contributed by atoms with Crippen molar-refractivity contribution < 1.29 is 29.6 Å². The van der Waals surface area contributed by atoms with Crippen molar-refractivity contribution >= 4 is 12.4 Å². The molecule has 0 aliphatic carbocycles. The average Bonchev–Trinajstić information content (AvgIpc) is 2.69. The van der Waals surface area contributed by atoms with Crippen LogP contribution in [0.3, 0.4) is 0 Å². The van der Waals surface area contributed by atoms with E-state index in [0.29, 0.717) is 32.4 Å². The standard InChI is InChI=1S/C19H28N2O5.CH2O2/c1-4-14-12(2)9-13(17(24)20(14)3)18(25)21-7-5-19(6-8-21)10-15(22)16(23)11-26-19;2-1-3/h9,15-16,22-23H,4-8,10-11H2,1-3H3;1H,(H,2,3)/t15-,16+;/m1./s1. The summed E-state index contributed by atoms with van der Waals surface area (Å²) in [4.78, 5) is 35.5. The first kappa shape index (κ1) is 23.1. The van der Waals surface area contributed by atoms with Crippen LogP contribution in [0.2, 0.25) is 0 Å². The van der Waals surface area contributed by atoms with Crippen LogP contribution in [-0.2, 0) is 23.0 Å². The highest BCUT2D eigenvalue weighted by molar-refractivity contribution is 5.94. The summed E-state index contributed by atoms with van der Waals surface area (Å²) in [5.41, 5.74) is 1.34. The number of aryl methyl sites for hydroxylation is 1. The summed E-state index contributed by atoms with van der Waals surface area (Å²) in [5.74, 6) is -0.248. The molecule has 2 fully saturated rings. The van der Waals surface area contributed by atoms with Crippen molar-refractivity contribution in [2.24, 2.45) is 7.05 Å². The molecule has 0 saturated carbocycles. The van der Waals surface area contributed by atoms with Crippen LogP contribution in [0.4, 0.5) is 0 Å². The van der Waals surface area contributed by atoms with Crippen LogP contribution in [0.1, 0.15) is 47.8 Å². The second kappa shape index (κ2) is 9.51. The van der Waals surface area contributed by atoms with Gasteiger partial charge >= 0.3 is 0 Å². The van der Waals surface area contributed by atoms with Gasteiger partial charge in [-0.2, -0.15) is 0 Å². The Morgan fingerprint density at radius 2 is 1.90 bits per heavy atom. The fraction of sp³-hybridized carbons (Fsp3) is 0.650. The number of pyridine rings is 1. The normalized spacial score (nSPS) is 23.3. The zero-order chi connectivity index (χ0) is 21.8. The molecular formula is C20H30N2O7. The van der Waals surface area contributed by atoms with Gasteiger partial charge < -0.3 is 29.5 Å². The van der Waals surface area contributed by atoms with E-state index >= 15 is 0 Å². The molecule has 0 aromatic carbocycles. The van der Waals surface area contributed by atoms with E-state index in [1.165, 1.54) is 0 Å². The van der Waals surface area contributed by atoms with Crippen molar-refractivity contribution in [2.45, 2.75) is 57.3 Å². The quantitative estimate of drug-likeness (QED) is 0.589. The third-order valence-corrected chi connectivity index (χ3v) is 5.87. The summed E-state index contributed by atoms with van der Waals surface area (Å²) in [6, 6.07) is 1.70. The number of hydrogen-bond acceptors (Lipinski definition) is 6. The second-order valence-corrected chi connectivity index (χ2v) is 7.64. The zero-order valence-corrected chi connectivity index (χ0v) is 17.1. The summed E-state index contributed by atoms with van der Waals surface area (Å²) in [5, 5.41) is 26.5. The molecule has 2 aliphatic heterocycles. The Kier molecular flexibility index (Phi) is 7.56. The number of aliphatic hydroxyl groups excluding tert-OH is 2. The van der Waals surface area contributed by atoms with Gasteiger partial charge in [0.25, 0.3) is 17.9 Å². The van der Waals surface area contributed by atoms with Crippen molar-refractivity contribution in [3.05, 3.63) is 33.2 Å². The molecule has 3 heterocycles. The minimum absolute atomic E-state index is 0.118. The van der Waals surface area contributed by atoms with Gasteiger partial charge in [0, 0.05) is 32.3 Å². The highest BCUT2D eigenvalue weighted by atomic mass is 16.5. The maximum atomic E-state index is 12.9. The van der Waals surface area contributed by atoms with E-state index in [9.17, 15) is 19.8 Å². The number of carboxylic acid groups (broad SMARTS) is 1. The Labute approximate surface area is 169 Å². The molecule has 1 aromatic heterocycles. The highest BCUT2D eigenvalue weighted by Crippen LogP contribution is 2.35. The van der Waals surface area contributed by atoms with Gasteiger partial charge in [0.2, 0.25) is 0 Å². The monoisotopic (exact) mass is 410 g/mol. The van der Waals surface area contributed by atoms with Gasteiger partial charge in [0.1, 0.15) is 11.7 Å². The molecule has 3 rings (SSSR count). The maximum absolute atomic E-state index is 12.9. The van der Waals surface area contributed by atoms with E-state index < -0.39 is 17.8 Å². The number of carbonyl (C=O) groups is 2. The number of ether oxygens (including phenoxy) is 1. The lowest BCUT2D eigenvalue weighted by Gasteiger charge is -2.46. The number of amides is 1. The number of carbonyl (C=O) groups excluding carboxylic acids is 1. The molecule has 0 unspecified atom stereocenters. The predicted molar refractivity (Wildman–Crippen MR) is 105 cm³/mol. The van der Waals surface area contributed by atoms with Crippen molar-refractivity contribution in [2.75, 3.05) is 19.7 Å². The van der Waals surface area contributed by atoms with Gasteiger partial charge in [-0.3, -0.25) is 14.4 Å².